The molecule has 2 aromatic carbocycles. The van der Waals surface area contributed by atoms with E-state index >= 15 is 0 Å². The number of sulfone groups is 1. The number of rotatable bonds is 6. The van der Waals surface area contributed by atoms with E-state index in [0.29, 0.717) is 28.6 Å². The van der Waals surface area contributed by atoms with E-state index in [-0.39, 0.29) is 18.1 Å². The molecule has 162 valence electrons. The lowest BCUT2D eigenvalue weighted by Crippen LogP contribution is -2.23. The van der Waals surface area contributed by atoms with Gasteiger partial charge in [0.05, 0.1) is 30.0 Å². The fourth-order valence-electron chi connectivity index (χ4n) is 3.64. The van der Waals surface area contributed by atoms with Gasteiger partial charge in [0.25, 0.3) is 5.91 Å². The van der Waals surface area contributed by atoms with Crippen molar-refractivity contribution in [3.8, 4) is 17.2 Å². The topological polar surface area (TPSA) is 99.5 Å². The number of amides is 1. The van der Waals surface area contributed by atoms with Crippen LogP contribution in [0.3, 0.4) is 0 Å². The fraction of sp³-hybridized carbons (Fsp3) is 0.273. The highest BCUT2D eigenvalue weighted by Gasteiger charge is 2.33. The SMILES string of the molecule is COc1ccccc1OCC(=O)Nc1c2c(nn1-c1ccc(C)cc1C)CS(=O)(=O)C2. The summed E-state index contributed by atoms with van der Waals surface area (Å²) in [5.41, 5.74) is 3.81. The summed E-state index contributed by atoms with van der Waals surface area (Å²) in [4.78, 5) is 12.7. The van der Waals surface area contributed by atoms with Gasteiger partial charge in [-0.05, 0) is 37.6 Å². The van der Waals surface area contributed by atoms with Crippen molar-refractivity contribution < 1.29 is 22.7 Å². The van der Waals surface area contributed by atoms with Gasteiger partial charge in [-0.15, -0.1) is 0 Å². The largest absolute Gasteiger partial charge is 0.493 e. The molecule has 0 saturated carbocycles. The number of methoxy groups -OCH3 is 1. The Kier molecular flexibility index (Phi) is 5.45. The van der Waals surface area contributed by atoms with Crippen molar-refractivity contribution in [3.05, 3.63) is 64.8 Å². The van der Waals surface area contributed by atoms with Gasteiger partial charge in [-0.2, -0.15) is 5.10 Å². The second-order valence-corrected chi connectivity index (χ2v) is 9.56. The fourth-order valence-corrected chi connectivity index (χ4v) is 5.13. The first-order chi connectivity index (χ1) is 14.8. The molecule has 31 heavy (non-hydrogen) atoms. The monoisotopic (exact) mass is 441 g/mol. The number of carbonyl (C=O) groups is 1. The van der Waals surface area contributed by atoms with Gasteiger partial charge in [-0.1, -0.05) is 29.8 Å². The zero-order chi connectivity index (χ0) is 22.2. The molecule has 0 unspecified atom stereocenters. The van der Waals surface area contributed by atoms with Crippen molar-refractivity contribution in [3.63, 3.8) is 0 Å². The van der Waals surface area contributed by atoms with Crippen LogP contribution in [-0.4, -0.2) is 37.8 Å². The maximum Gasteiger partial charge on any atom is 0.263 e. The number of hydrogen-bond acceptors (Lipinski definition) is 6. The minimum atomic E-state index is -3.28. The molecule has 0 atom stereocenters. The molecule has 0 fully saturated rings. The van der Waals surface area contributed by atoms with Gasteiger partial charge in [0.15, 0.2) is 27.9 Å². The van der Waals surface area contributed by atoms with Crippen LogP contribution in [0, 0.1) is 13.8 Å². The molecule has 0 aliphatic carbocycles. The predicted octanol–water partition coefficient (Wildman–Crippen LogP) is 2.94. The highest BCUT2D eigenvalue weighted by molar-refractivity contribution is 7.90. The quantitative estimate of drug-likeness (QED) is 0.631. The Balaban J connectivity index is 1.63. The normalized spacial score (nSPS) is 14.2. The van der Waals surface area contributed by atoms with E-state index < -0.39 is 15.7 Å². The molecular formula is C22H23N3O5S. The Hall–Kier alpha value is -3.33. The number of nitrogens with zero attached hydrogens (tertiary/aromatic N) is 2. The van der Waals surface area contributed by atoms with Gasteiger partial charge in [0.1, 0.15) is 5.82 Å². The van der Waals surface area contributed by atoms with E-state index in [1.165, 1.54) is 7.11 Å². The molecule has 1 aliphatic heterocycles. The third-order valence-electron chi connectivity index (χ3n) is 5.05. The summed E-state index contributed by atoms with van der Waals surface area (Å²) in [5.74, 6) is 0.593. The predicted molar refractivity (Wildman–Crippen MR) is 116 cm³/mol. The summed E-state index contributed by atoms with van der Waals surface area (Å²) in [7, 11) is -1.75. The molecule has 9 heteroatoms. The van der Waals surface area contributed by atoms with Gasteiger partial charge in [-0.25, -0.2) is 13.1 Å². The Bertz CT molecular complexity index is 1260. The average molecular weight is 442 g/mol. The molecule has 1 aliphatic rings. The van der Waals surface area contributed by atoms with E-state index in [0.717, 1.165) is 16.8 Å². The minimum Gasteiger partial charge on any atom is -0.493 e. The Morgan fingerprint density at radius 1 is 1.13 bits per heavy atom. The van der Waals surface area contributed by atoms with Crippen molar-refractivity contribution in [1.29, 1.82) is 0 Å². The summed E-state index contributed by atoms with van der Waals surface area (Å²) in [6.45, 7) is 3.67. The van der Waals surface area contributed by atoms with Crippen LogP contribution < -0.4 is 14.8 Å². The van der Waals surface area contributed by atoms with Crippen LogP contribution in [0.1, 0.15) is 22.4 Å². The van der Waals surface area contributed by atoms with Crippen molar-refractivity contribution in [2.24, 2.45) is 0 Å². The Morgan fingerprint density at radius 2 is 1.87 bits per heavy atom. The van der Waals surface area contributed by atoms with Gasteiger partial charge in [0, 0.05) is 5.56 Å². The van der Waals surface area contributed by atoms with Gasteiger partial charge in [-0.3, -0.25) is 4.79 Å². The van der Waals surface area contributed by atoms with Crippen LogP contribution in [0.2, 0.25) is 0 Å². The van der Waals surface area contributed by atoms with Crippen LogP contribution in [0.15, 0.2) is 42.5 Å². The molecule has 2 heterocycles. The van der Waals surface area contributed by atoms with Gasteiger partial charge < -0.3 is 14.8 Å². The van der Waals surface area contributed by atoms with E-state index in [2.05, 4.69) is 10.4 Å². The number of ether oxygens (including phenoxy) is 2. The number of nitrogens with one attached hydrogen (secondary N) is 1. The molecule has 3 aromatic rings. The van der Waals surface area contributed by atoms with Crippen LogP contribution in [0.5, 0.6) is 11.5 Å². The van der Waals surface area contributed by atoms with Crippen LogP contribution in [0.4, 0.5) is 5.82 Å². The van der Waals surface area contributed by atoms with Crippen LogP contribution in [0.25, 0.3) is 5.69 Å². The summed E-state index contributed by atoms with van der Waals surface area (Å²) in [5, 5.41) is 7.32. The van der Waals surface area contributed by atoms with E-state index in [4.69, 9.17) is 9.47 Å². The second kappa shape index (κ2) is 8.07. The Labute approximate surface area is 180 Å². The van der Waals surface area contributed by atoms with Gasteiger partial charge >= 0.3 is 0 Å². The summed E-state index contributed by atoms with van der Waals surface area (Å²) in [6.07, 6.45) is 0. The van der Waals surface area contributed by atoms with Gasteiger partial charge in [0.2, 0.25) is 0 Å². The van der Waals surface area contributed by atoms with Crippen molar-refractivity contribution in [2.45, 2.75) is 25.4 Å². The summed E-state index contributed by atoms with van der Waals surface area (Å²) >= 11 is 0. The van der Waals surface area contributed by atoms with E-state index in [1.54, 1.807) is 28.9 Å². The third kappa shape index (κ3) is 4.27. The number of anilines is 1. The summed E-state index contributed by atoms with van der Waals surface area (Å²) < 4.78 is 36.7. The number of hydrogen-bond donors (Lipinski definition) is 1. The lowest BCUT2D eigenvalue weighted by molar-refractivity contribution is -0.118. The van der Waals surface area contributed by atoms with E-state index in [1.807, 2.05) is 32.0 Å². The number of aromatic nitrogens is 2. The standard InChI is InChI=1S/C22H23N3O5S/c1-14-8-9-18(15(2)10-14)25-22(16-12-31(27,28)13-17(16)24-25)23-21(26)11-30-20-7-5-4-6-19(20)29-3/h4-10H,11-13H2,1-3H3,(H,23,26). The lowest BCUT2D eigenvalue weighted by atomic mass is 10.1. The molecular weight excluding hydrogens is 418 g/mol. The number of carbonyl (C=O) groups excluding carboxylic acids is 1. The zero-order valence-electron chi connectivity index (χ0n) is 17.5. The molecule has 0 spiro atoms. The number of aryl methyl sites for hydroxylation is 2. The third-order valence-corrected chi connectivity index (χ3v) is 6.50. The second-order valence-electron chi connectivity index (χ2n) is 7.50. The number of para-hydroxylation sites is 2. The number of fused-ring (bicyclic) bond motifs is 1. The molecule has 0 saturated heterocycles. The molecule has 0 radical (unpaired) electrons. The van der Waals surface area contributed by atoms with Crippen molar-refractivity contribution in [2.75, 3.05) is 19.0 Å². The van der Waals surface area contributed by atoms with Crippen LogP contribution in [-0.2, 0) is 26.1 Å². The van der Waals surface area contributed by atoms with E-state index in [9.17, 15) is 13.2 Å². The molecule has 1 amide bonds. The maximum atomic E-state index is 12.7. The molecule has 0 bridgehead atoms. The summed E-state index contributed by atoms with van der Waals surface area (Å²) in [6, 6.07) is 12.9. The highest BCUT2D eigenvalue weighted by atomic mass is 32.2. The van der Waals surface area contributed by atoms with Crippen molar-refractivity contribution >= 4 is 21.6 Å². The lowest BCUT2D eigenvalue weighted by Gasteiger charge is -2.14. The molecule has 8 nitrogen and oxygen atoms in total. The number of benzene rings is 2. The minimum absolute atomic E-state index is 0.138. The first-order valence-electron chi connectivity index (χ1n) is 9.72. The molecule has 1 aromatic heterocycles. The highest BCUT2D eigenvalue weighted by Crippen LogP contribution is 2.34. The van der Waals surface area contributed by atoms with Crippen molar-refractivity contribution in [1.82, 2.24) is 9.78 Å². The molecule has 4 rings (SSSR count). The Morgan fingerprint density at radius 3 is 2.58 bits per heavy atom. The first-order valence-corrected chi connectivity index (χ1v) is 11.5. The van der Waals surface area contributed by atoms with Crippen LogP contribution >= 0.6 is 0 Å². The maximum absolute atomic E-state index is 12.7. The zero-order valence-corrected chi connectivity index (χ0v) is 18.3. The smallest absolute Gasteiger partial charge is 0.263 e. The molecule has 1 N–H and O–H groups in total. The average Bonchev–Trinajstić information content (AvgIpc) is 3.19. The first kappa shape index (κ1) is 20.9.